The highest BCUT2D eigenvalue weighted by Crippen LogP contribution is 1.72. The number of rotatable bonds is 1. The molecule has 0 aliphatic heterocycles. The van der Waals surface area contributed by atoms with Gasteiger partial charge in [0.1, 0.15) is 0 Å². The van der Waals surface area contributed by atoms with Crippen molar-refractivity contribution in [3.8, 4) is 0 Å². The average molecular weight is 176 g/mol. The SMILES string of the molecule is C=COC(C)=O.COC(=O)OC. The van der Waals surface area contributed by atoms with E-state index in [1.165, 1.54) is 21.1 Å². The zero-order valence-electron chi connectivity index (χ0n) is 7.33. The molecule has 0 aliphatic carbocycles. The summed E-state index contributed by atoms with van der Waals surface area (Å²) >= 11 is 0. The molecule has 12 heavy (non-hydrogen) atoms. The fourth-order valence-electron chi connectivity index (χ4n) is 0.201. The highest BCUT2D eigenvalue weighted by Gasteiger charge is 1.88. The van der Waals surface area contributed by atoms with E-state index < -0.39 is 6.16 Å². The summed E-state index contributed by atoms with van der Waals surface area (Å²) in [5.41, 5.74) is 0. The number of methoxy groups -OCH3 is 2. The van der Waals surface area contributed by atoms with Gasteiger partial charge in [-0.1, -0.05) is 6.58 Å². The van der Waals surface area contributed by atoms with Crippen molar-refractivity contribution < 1.29 is 23.8 Å². The monoisotopic (exact) mass is 176 g/mol. The maximum Gasteiger partial charge on any atom is 0.507 e. The molecule has 0 saturated carbocycles. The highest BCUT2D eigenvalue weighted by atomic mass is 16.7. The predicted octanol–water partition coefficient (Wildman–Crippen LogP) is 1.09. The van der Waals surface area contributed by atoms with Crippen molar-refractivity contribution in [3.05, 3.63) is 12.8 Å². The predicted molar refractivity (Wildman–Crippen MR) is 41.4 cm³/mol. The number of carbonyl (C=O) groups is 2. The van der Waals surface area contributed by atoms with Gasteiger partial charge in [0.15, 0.2) is 0 Å². The molecule has 0 radical (unpaired) electrons. The Balaban J connectivity index is 0. The van der Waals surface area contributed by atoms with Gasteiger partial charge in [-0.2, -0.15) is 0 Å². The Morgan fingerprint density at radius 1 is 1.25 bits per heavy atom. The quantitative estimate of drug-likeness (QED) is 0.442. The summed E-state index contributed by atoms with van der Waals surface area (Å²) in [5.74, 6) is -0.329. The van der Waals surface area contributed by atoms with E-state index in [9.17, 15) is 9.59 Å². The number of carbonyl (C=O) groups excluding carboxylic acids is 2. The maximum absolute atomic E-state index is 9.75. The van der Waals surface area contributed by atoms with Crippen molar-refractivity contribution in [2.45, 2.75) is 6.92 Å². The van der Waals surface area contributed by atoms with E-state index >= 15 is 0 Å². The molecule has 0 saturated heterocycles. The van der Waals surface area contributed by atoms with E-state index in [-0.39, 0.29) is 5.97 Å². The van der Waals surface area contributed by atoms with Crippen LogP contribution in [0.2, 0.25) is 0 Å². The van der Waals surface area contributed by atoms with E-state index in [0.29, 0.717) is 0 Å². The second kappa shape index (κ2) is 9.48. The van der Waals surface area contributed by atoms with Crippen LogP contribution in [0.3, 0.4) is 0 Å². The van der Waals surface area contributed by atoms with Crippen molar-refractivity contribution >= 4 is 12.1 Å². The van der Waals surface area contributed by atoms with Crippen molar-refractivity contribution in [3.63, 3.8) is 0 Å². The molecular weight excluding hydrogens is 164 g/mol. The third-order valence-electron chi connectivity index (χ3n) is 0.583. The second-order valence-electron chi connectivity index (χ2n) is 1.43. The van der Waals surface area contributed by atoms with Gasteiger partial charge in [0.05, 0.1) is 20.5 Å². The van der Waals surface area contributed by atoms with Gasteiger partial charge in [-0.15, -0.1) is 0 Å². The first kappa shape index (κ1) is 13.1. The van der Waals surface area contributed by atoms with Crippen LogP contribution in [0.5, 0.6) is 0 Å². The molecule has 0 bridgehead atoms. The van der Waals surface area contributed by atoms with Crippen LogP contribution < -0.4 is 0 Å². The van der Waals surface area contributed by atoms with Gasteiger partial charge in [0.2, 0.25) is 0 Å². The standard InChI is InChI=1S/C4H6O2.C3H6O3/c1-3-6-4(2)5;1-5-3(4)6-2/h3H,1H2,2H3;1-2H3. The molecule has 0 aromatic heterocycles. The van der Waals surface area contributed by atoms with Gasteiger partial charge in [0.25, 0.3) is 0 Å². The van der Waals surface area contributed by atoms with Crippen molar-refractivity contribution in [2.75, 3.05) is 14.2 Å². The first-order valence-corrected chi connectivity index (χ1v) is 2.98. The van der Waals surface area contributed by atoms with Gasteiger partial charge in [-0.05, 0) is 0 Å². The molecule has 0 aromatic rings. The maximum atomic E-state index is 9.75. The Morgan fingerprint density at radius 2 is 1.67 bits per heavy atom. The normalized spacial score (nSPS) is 6.92. The van der Waals surface area contributed by atoms with Crippen molar-refractivity contribution in [1.29, 1.82) is 0 Å². The van der Waals surface area contributed by atoms with Crippen molar-refractivity contribution in [2.24, 2.45) is 0 Å². The van der Waals surface area contributed by atoms with Crippen LogP contribution in [-0.4, -0.2) is 26.3 Å². The van der Waals surface area contributed by atoms with E-state index in [1.54, 1.807) is 0 Å². The Bertz CT molecular complexity index is 146. The summed E-state index contributed by atoms with van der Waals surface area (Å²) in [4.78, 5) is 19.5. The molecule has 0 N–H and O–H groups in total. The largest absolute Gasteiger partial charge is 0.507 e. The van der Waals surface area contributed by atoms with Gasteiger partial charge < -0.3 is 14.2 Å². The van der Waals surface area contributed by atoms with E-state index in [2.05, 4.69) is 20.8 Å². The van der Waals surface area contributed by atoms with Crippen LogP contribution in [0.25, 0.3) is 0 Å². The molecular formula is C7H12O5. The van der Waals surface area contributed by atoms with Gasteiger partial charge in [0, 0.05) is 6.92 Å². The number of esters is 1. The zero-order chi connectivity index (χ0) is 9.98. The number of ether oxygens (including phenoxy) is 3. The van der Waals surface area contributed by atoms with E-state index in [4.69, 9.17) is 0 Å². The molecule has 5 nitrogen and oxygen atoms in total. The first-order chi connectivity index (χ1) is 5.58. The molecule has 70 valence electrons. The van der Waals surface area contributed by atoms with E-state index in [0.717, 1.165) is 6.26 Å². The third-order valence-corrected chi connectivity index (χ3v) is 0.583. The molecule has 0 unspecified atom stereocenters. The van der Waals surface area contributed by atoms with Crippen LogP contribution in [0.15, 0.2) is 12.8 Å². The third kappa shape index (κ3) is 15.8. The highest BCUT2D eigenvalue weighted by molar-refractivity contribution is 5.66. The van der Waals surface area contributed by atoms with Crippen LogP contribution in [-0.2, 0) is 19.0 Å². The Kier molecular flexibility index (Phi) is 10.3. The van der Waals surface area contributed by atoms with Gasteiger partial charge in [-0.3, -0.25) is 4.79 Å². The Hall–Kier alpha value is -1.52. The number of hydrogen-bond acceptors (Lipinski definition) is 5. The minimum Gasteiger partial charge on any atom is -0.438 e. The molecule has 5 heteroatoms. The van der Waals surface area contributed by atoms with Crippen LogP contribution in [0.1, 0.15) is 6.92 Å². The fraction of sp³-hybridized carbons (Fsp3) is 0.429. The van der Waals surface area contributed by atoms with Gasteiger partial charge in [-0.25, -0.2) is 4.79 Å². The lowest BCUT2D eigenvalue weighted by molar-refractivity contribution is -0.135. The number of hydrogen-bond donors (Lipinski definition) is 0. The molecule has 0 atom stereocenters. The molecule has 0 aromatic carbocycles. The smallest absolute Gasteiger partial charge is 0.438 e. The van der Waals surface area contributed by atoms with Crippen molar-refractivity contribution in [1.82, 2.24) is 0 Å². The average Bonchev–Trinajstić information content (AvgIpc) is 2.04. The molecule has 0 heterocycles. The van der Waals surface area contributed by atoms with Crippen LogP contribution >= 0.6 is 0 Å². The lowest BCUT2D eigenvalue weighted by Gasteiger charge is -1.89. The molecule has 0 spiro atoms. The molecule has 0 amide bonds. The lowest BCUT2D eigenvalue weighted by Crippen LogP contribution is -1.97. The minimum absolute atomic E-state index is 0.329. The lowest BCUT2D eigenvalue weighted by atomic mass is 10.8. The molecule has 0 rings (SSSR count). The summed E-state index contributed by atoms with van der Waals surface area (Å²) < 4.78 is 12.2. The Labute approximate surface area is 70.9 Å². The summed E-state index contributed by atoms with van der Waals surface area (Å²) in [5, 5.41) is 0. The Morgan fingerprint density at radius 3 is 1.67 bits per heavy atom. The summed E-state index contributed by atoms with van der Waals surface area (Å²) in [6.45, 7) is 4.48. The van der Waals surface area contributed by atoms with Crippen LogP contribution in [0.4, 0.5) is 4.79 Å². The summed E-state index contributed by atoms with van der Waals surface area (Å²) in [7, 11) is 2.51. The molecule has 0 aliphatic rings. The van der Waals surface area contributed by atoms with Crippen LogP contribution in [0, 0.1) is 0 Å². The minimum atomic E-state index is -0.657. The van der Waals surface area contributed by atoms with Gasteiger partial charge >= 0.3 is 12.1 Å². The zero-order valence-corrected chi connectivity index (χ0v) is 7.33. The first-order valence-electron chi connectivity index (χ1n) is 2.98. The summed E-state index contributed by atoms with van der Waals surface area (Å²) in [6, 6.07) is 0. The molecule has 0 fully saturated rings. The topological polar surface area (TPSA) is 61.8 Å². The second-order valence-corrected chi connectivity index (χ2v) is 1.43. The van der Waals surface area contributed by atoms with E-state index in [1.807, 2.05) is 0 Å². The summed E-state index contributed by atoms with van der Waals surface area (Å²) in [6.07, 6.45) is 0.442. The fourth-order valence-corrected chi connectivity index (χ4v) is 0.201.